The molecule has 0 spiro atoms. The highest BCUT2D eigenvalue weighted by molar-refractivity contribution is 6.32. The Bertz CT molecular complexity index is 1030. The van der Waals surface area contributed by atoms with Gasteiger partial charge in [0, 0.05) is 21.2 Å². The van der Waals surface area contributed by atoms with Gasteiger partial charge in [-0.15, -0.1) is 0 Å². The number of hydrogen-bond acceptors (Lipinski definition) is 3. The van der Waals surface area contributed by atoms with Gasteiger partial charge in [0.15, 0.2) is 0 Å². The highest BCUT2D eigenvalue weighted by Crippen LogP contribution is 2.46. The molecule has 0 bridgehead atoms. The molecule has 0 saturated carbocycles. The Labute approximate surface area is 179 Å². The van der Waals surface area contributed by atoms with E-state index in [0.717, 1.165) is 0 Å². The van der Waals surface area contributed by atoms with Crippen molar-refractivity contribution in [2.45, 2.75) is 31.1 Å². The van der Waals surface area contributed by atoms with Gasteiger partial charge in [-0.25, -0.2) is 0 Å². The number of hydrogen-bond donors (Lipinski definition) is 2. The van der Waals surface area contributed by atoms with Crippen molar-refractivity contribution in [3.63, 3.8) is 0 Å². The van der Waals surface area contributed by atoms with E-state index < -0.39 is 36.0 Å². The van der Waals surface area contributed by atoms with E-state index in [2.05, 4.69) is 5.32 Å². The molecule has 2 aromatic rings. The second-order valence-corrected chi connectivity index (χ2v) is 7.95. The molecular weight excluding hydrogens is 444 g/mol. The lowest BCUT2D eigenvalue weighted by atomic mass is 9.90. The fraction of sp³-hybridized carbons (Fsp3) is 0.300. The number of amides is 2. The van der Waals surface area contributed by atoms with Crippen molar-refractivity contribution in [2.75, 3.05) is 0 Å². The lowest BCUT2D eigenvalue weighted by molar-refractivity contribution is -0.171. The molecular formula is C20H15Cl2F3N2O3. The smallest absolute Gasteiger partial charge is 0.408 e. The van der Waals surface area contributed by atoms with E-state index in [0.29, 0.717) is 32.7 Å². The van der Waals surface area contributed by atoms with Gasteiger partial charge in [0.1, 0.15) is 23.5 Å². The first-order chi connectivity index (χ1) is 14.1. The third-order valence-electron chi connectivity index (χ3n) is 5.18. The first-order valence-electron chi connectivity index (χ1n) is 9.08. The van der Waals surface area contributed by atoms with Crippen LogP contribution in [0.4, 0.5) is 13.2 Å². The van der Waals surface area contributed by atoms with Crippen molar-refractivity contribution in [2.24, 2.45) is 5.92 Å². The monoisotopic (exact) mass is 458 g/mol. The van der Waals surface area contributed by atoms with Gasteiger partial charge in [0.25, 0.3) is 0 Å². The van der Waals surface area contributed by atoms with Crippen LogP contribution in [0.15, 0.2) is 36.4 Å². The Balaban J connectivity index is 1.62. The zero-order chi connectivity index (χ0) is 21.6. The summed E-state index contributed by atoms with van der Waals surface area (Å²) in [6.45, 7) is 0. The summed E-state index contributed by atoms with van der Waals surface area (Å²) in [7, 11) is 0. The van der Waals surface area contributed by atoms with Crippen LogP contribution in [0.25, 0.3) is 0 Å². The van der Waals surface area contributed by atoms with Crippen molar-refractivity contribution in [3.05, 3.63) is 57.6 Å². The molecule has 0 radical (unpaired) electrons. The number of halogens is 5. The Morgan fingerprint density at radius 2 is 1.90 bits per heavy atom. The summed E-state index contributed by atoms with van der Waals surface area (Å²) in [5.74, 6) is -2.07. The van der Waals surface area contributed by atoms with Gasteiger partial charge in [0.2, 0.25) is 11.8 Å². The zero-order valence-corrected chi connectivity index (χ0v) is 16.7. The lowest BCUT2D eigenvalue weighted by Gasteiger charge is -2.33. The summed E-state index contributed by atoms with van der Waals surface area (Å²) in [6, 6.07) is 7.14. The van der Waals surface area contributed by atoms with Crippen LogP contribution in [-0.2, 0) is 9.59 Å². The Kier molecular flexibility index (Phi) is 5.32. The molecule has 10 heteroatoms. The predicted molar refractivity (Wildman–Crippen MR) is 104 cm³/mol. The van der Waals surface area contributed by atoms with E-state index in [1.807, 2.05) is 5.32 Å². The standard InChI is InChI=1S/C20H15Cl2F3N2O3/c21-9-4-5-10-14(8-9)30-13-3-1-2-12(22)16(13)17(10)27-19(29)11-6-7-15(20(23,24)25)26-18(11)28/h1-5,8,11,15,17H,6-7H2,(H,26,28)(H,27,29). The quantitative estimate of drug-likeness (QED) is 0.637. The van der Waals surface area contributed by atoms with Gasteiger partial charge in [-0.2, -0.15) is 13.2 Å². The molecule has 2 aliphatic rings. The van der Waals surface area contributed by atoms with Crippen LogP contribution in [0.2, 0.25) is 10.0 Å². The van der Waals surface area contributed by atoms with Crippen molar-refractivity contribution in [1.29, 1.82) is 0 Å². The average Bonchev–Trinajstić information content (AvgIpc) is 2.66. The number of ether oxygens (including phenoxy) is 1. The van der Waals surface area contributed by atoms with Crippen molar-refractivity contribution >= 4 is 35.0 Å². The number of benzene rings is 2. The van der Waals surface area contributed by atoms with E-state index in [1.165, 1.54) is 0 Å². The molecule has 0 aromatic heterocycles. The second-order valence-electron chi connectivity index (χ2n) is 7.11. The van der Waals surface area contributed by atoms with E-state index in [1.54, 1.807) is 36.4 Å². The third-order valence-corrected chi connectivity index (χ3v) is 5.75. The molecule has 3 atom stereocenters. The number of fused-ring (bicyclic) bond motifs is 2. The molecule has 2 aliphatic heterocycles. The molecule has 2 N–H and O–H groups in total. The topological polar surface area (TPSA) is 67.4 Å². The first kappa shape index (κ1) is 20.8. The molecule has 1 fully saturated rings. The summed E-state index contributed by atoms with van der Waals surface area (Å²) in [4.78, 5) is 25.1. The van der Waals surface area contributed by atoms with E-state index in [-0.39, 0.29) is 12.8 Å². The van der Waals surface area contributed by atoms with Gasteiger partial charge in [-0.1, -0.05) is 35.3 Å². The van der Waals surface area contributed by atoms with E-state index >= 15 is 0 Å². The molecule has 5 nitrogen and oxygen atoms in total. The molecule has 2 aromatic carbocycles. The van der Waals surface area contributed by atoms with Crippen LogP contribution >= 0.6 is 23.2 Å². The molecule has 1 saturated heterocycles. The van der Waals surface area contributed by atoms with Crippen LogP contribution in [0.1, 0.15) is 30.0 Å². The number of alkyl halides is 3. The number of piperidine rings is 1. The van der Waals surface area contributed by atoms with Crippen LogP contribution in [0, 0.1) is 5.92 Å². The number of carbonyl (C=O) groups excluding carboxylic acids is 2. The van der Waals surface area contributed by atoms with E-state index in [4.69, 9.17) is 27.9 Å². The molecule has 158 valence electrons. The summed E-state index contributed by atoms with van der Waals surface area (Å²) < 4.78 is 44.5. The average molecular weight is 459 g/mol. The third kappa shape index (κ3) is 3.81. The minimum atomic E-state index is -4.55. The van der Waals surface area contributed by atoms with Crippen LogP contribution < -0.4 is 15.4 Å². The lowest BCUT2D eigenvalue weighted by Crippen LogP contribution is -2.54. The maximum atomic E-state index is 12.9. The maximum absolute atomic E-state index is 12.9. The zero-order valence-electron chi connectivity index (χ0n) is 15.2. The Morgan fingerprint density at radius 1 is 1.13 bits per heavy atom. The van der Waals surface area contributed by atoms with Crippen molar-refractivity contribution in [1.82, 2.24) is 10.6 Å². The molecule has 4 rings (SSSR count). The van der Waals surface area contributed by atoms with Gasteiger partial charge < -0.3 is 15.4 Å². The summed E-state index contributed by atoms with van der Waals surface area (Å²) in [6.07, 6.45) is -5.14. The van der Waals surface area contributed by atoms with Crippen molar-refractivity contribution in [3.8, 4) is 11.5 Å². The van der Waals surface area contributed by atoms with Gasteiger partial charge in [0.05, 0.1) is 6.04 Å². The Morgan fingerprint density at radius 3 is 2.60 bits per heavy atom. The summed E-state index contributed by atoms with van der Waals surface area (Å²) in [5, 5.41) is 5.41. The maximum Gasteiger partial charge on any atom is 0.408 e. The highest BCUT2D eigenvalue weighted by Gasteiger charge is 2.46. The normalized spacial score (nSPS) is 23.0. The molecule has 2 heterocycles. The first-order valence-corrected chi connectivity index (χ1v) is 9.84. The van der Waals surface area contributed by atoms with Crippen LogP contribution in [0.5, 0.6) is 11.5 Å². The Hall–Kier alpha value is -2.45. The summed E-state index contributed by atoms with van der Waals surface area (Å²) >= 11 is 12.4. The minimum Gasteiger partial charge on any atom is -0.456 e. The number of rotatable bonds is 2. The number of carbonyl (C=O) groups is 2. The second kappa shape index (κ2) is 7.67. The van der Waals surface area contributed by atoms with E-state index in [9.17, 15) is 22.8 Å². The molecule has 2 amide bonds. The fourth-order valence-corrected chi connectivity index (χ4v) is 4.13. The van der Waals surface area contributed by atoms with Crippen LogP contribution in [0.3, 0.4) is 0 Å². The highest BCUT2D eigenvalue weighted by atomic mass is 35.5. The van der Waals surface area contributed by atoms with Crippen LogP contribution in [-0.4, -0.2) is 24.0 Å². The number of nitrogens with one attached hydrogen (secondary N) is 2. The van der Waals surface area contributed by atoms with Crippen molar-refractivity contribution < 1.29 is 27.5 Å². The fourth-order valence-electron chi connectivity index (χ4n) is 3.69. The minimum absolute atomic E-state index is 0.214. The van der Waals surface area contributed by atoms with Gasteiger partial charge in [-0.05, 0) is 37.1 Å². The molecule has 0 aliphatic carbocycles. The summed E-state index contributed by atoms with van der Waals surface area (Å²) in [5.41, 5.74) is 1.06. The predicted octanol–water partition coefficient (Wildman–Crippen LogP) is 4.76. The van der Waals surface area contributed by atoms with Gasteiger partial charge in [-0.3, -0.25) is 9.59 Å². The molecule has 30 heavy (non-hydrogen) atoms. The van der Waals surface area contributed by atoms with Gasteiger partial charge >= 0.3 is 6.18 Å². The SMILES string of the molecule is O=C(NC1c2ccc(Cl)cc2Oc2cccc(Cl)c21)C1CCC(C(F)(F)F)NC1=O. The largest absolute Gasteiger partial charge is 0.456 e. The molecule has 3 unspecified atom stereocenters.